The first kappa shape index (κ1) is 12.8. The number of anilines is 1. The van der Waals surface area contributed by atoms with Crippen molar-refractivity contribution >= 4 is 5.69 Å². The predicted molar refractivity (Wildman–Crippen MR) is 79.4 cm³/mol. The van der Waals surface area contributed by atoms with Crippen LogP contribution in [-0.4, -0.2) is 36.4 Å². The molecule has 0 saturated carbocycles. The van der Waals surface area contributed by atoms with Gasteiger partial charge in [-0.3, -0.25) is 0 Å². The topological polar surface area (TPSA) is 51.4 Å². The number of hydrogen-bond acceptors (Lipinski definition) is 5. The Kier molecular flexibility index (Phi) is 3.35. The summed E-state index contributed by atoms with van der Waals surface area (Å²) in [6.07, 6.45) is 3.48. The van der Waals surface area contributed by atoms with Crippen LogP contribution in [-0.2, 0) is 4.74 Å². The van der Waals surface area contributed by atoms with Crippen molar-refractivity contribution in [3.8, 4) is 11.5 Å². The van der Waals surface area contributed by atoms with E-state index in [0.717, 1.165) is 37.5 Å². The molecule has 5 nitrogen and oxygen atoms in total. The number of hydrogen-bond donors (Lipinski definition) is 0. The standard InChI is InChI=1S/C16H19N3O2/c1-2-6-14(19-8-3-4-9-19)13(5-1)16-17-15(18-21-16)12-7-10-20-11-12/h1-2,5-6,12H,3-4,7-11H2/t12-/m1/s1. The van der Waals surface area contributed by atoms with Crippen LogP contribution in [0.15, 0.2) is 28.8 Å². The number of nitrogens with zero attached hydrogens (tertiary/aromatic N) is 3. The molecule has 1 aromatic carbocycles. The second kappa shape index (κ2) is 5.48. The average Bonchev–Trinajstić information content (AvgIpc) is 3.27. The van der Waals surface area contributed by atoms with Crippen molar-refractivity contribution in [1.82, 2.24) is 10.1 Å². The van der Waals surface area contributed by atoms with Crippen molar-refractivity contribution in [1.29, 1.82) is 0 Å². The maximum absolute atomic E-state index is 5.52. The van der Waals surface area contributed by atoms with E-state index in [1.807, 2.05) is 6.07 Å². The number of para-hydroxylation sites is 1. The molecule has 2 aliphatic rings. The third-order valence-electron chi connectivity index (χ3n) is 4.32. The highest BCUT2D eigenvalue weighted by Crippen LogP contribution is 2.33. The monoisotopic (exact) mass is 285 g/mol. The van der Waals surface area contributed by atoms with Crippen LogP contribution in [0.3, 0.4) is 0 Å². The van der Waals surface area contributed by atoms with Gasteiger partial charge in [0, 0.05) is 31.3 Å². The van der Waals surface area contributed by atoms with E-state index in [2.05, 4.69) is 33.2 Å². The normalized spacial score (nSPS) is 22.1. The molecule has 21 heavy (non-hydrogen) atoms. The van der Waals surface area contributed by atoms with Crippen molar-refractivity contribution in [3.63, 3.8) is 0 Å². The summed E-state index contributed by atoms with van der Waals surface area (Å²) in [5, 5.41) is 4.16. The van der Waals surface area contributed by atoms with E-state index in [1.54, 1.807) is 0 Å². The maximum Gasteiger partial charge on any atom is 0.260 e. The minimum atomic E-state index is 0.279. The fourth-order valence-corrected chi connectivity index (χ4v) is 3.14. The van der Waals surface area contributed by atoms with Gasteiger partial charge >= 0.3 is 0 Å². The molecule has 1 aromatic heterocycles. The summed E-state index contributed by atoms with van der Waals surface area (Å²) >= 11 is 0. The summed E-state index contributed by atoms with van der Waals surface area (Å²) in [5.41, 5.74) is 2.24. The molecule has 2 saturated heterocycles. The van der Waals surface area contributed by atoms with E-state index >= 15 is 0 Å². The SMILES string of the molecule is c1ccc(N2CCCC2)c(-c2nc([C@@H]3CCOC3)no2)c1. The minimum Gasteiger partial charge on any atom is -0.381 e. The van der Waals surface area contributed by atoms with Crippen LogP contribution in [0.25, 0.3) is 11.5 Å². The van der Waals surface area contributed by atoms with E-state index < -0.39 is 0 Å². The van der Waals surface area contributed by atoms with Crippen molar-refractivity contribution in [3.05, 3.63) is 30.1 Å². The van der Waals surface area contributed by atoms with Crippen LogP contribution in [0.1, 0.15) is 31.0 Å². The summed E-state index contributed by atoms with van der Waals surface area (Å²) in [4.78, 5) is 7.01. The van der Waals surface area contributed by atoms with E-state index in [-0.39, 0.29) is 5.92 Å². The van der Waals surface area contributed by atoms with Gasteiger partial charge in [-0.1, -0.05) is 17.3 Å². The summed E-state index contributed by atoms with van der Waals surface area (Å²) in [5.74, 6) is 1.68. The Balaban J connectivity index is 1.66. The highest BCUT2D eigenvalue weighted by molar-refractivity contribution is 5.73. The average molecular weight is 285 g/mol. The maximum atomic E-state index is 5.52. The van der Waals surface area contributed by atoms with Gasteiger partial charge in [-0.05, 0) is 31.4 Å². The first-order valence-corrected chi connectivity index (χ1v) is 7.67. The van der Waals surface area contributed by atoms with Crippen LogP contribution in [0.4, 0.5) is 5.69 Å². The Labute approximate surface area is 123 Å². The Hall–Kier alpha value is -1.88. The molecule has 3 heterocycles. The summed E-state index contributed by atoms with van der Waals surface area (Å²) in [6.45, 7) is 3.70. The van der Waals surface area contributed by atoms with Crippen molar-refractivity contribution in [2.24, 2.45) is 0 Å². The zero-order valence-corrected chi connectivity index (χ0v) is 12.0. The molecule has 0 aliphatic carbocycles. The van der Waals surface area contributed by atoms with Crippen molar-refractivity contribution in [2.45, 2.75) is 25.2 Å². The lowest BCUT2D eigenvalue weighted by Gasteiger charge is -2.19. The number of benzene rings is 1. The third kappa shape index (κ3) is 2.42. The fraction of sp³-hybridized carbons (Fsp3) is 0.500. The molecule has 1 atom stereocenters. The van der Waals surface area contributed by atoms with Gasteiger partial charge in [0.15, 0.2) is 5.82 Å². The molecule has 0 spiro atoms. The van der Waals surface area contributed by atoms with Gasteiger partial charge in [-0.25, -0.2) is 0 Å². The predicted octanol–water partition coefficient (Wildman–Crippen LogP) is 2.84. The van der Waals surface area contributed by atoms with E-state index in [4.69, 9.17) is 9.26 Å². The molecule has 4 rings (SSSR count). The first-order chi connectivity index (χ1) is 10.4. The lowest BCUT2D eigenvalue weighted by molar-refractivity contribution is 0.192. The molecule has 2 aromatic rings. The lowest BCUT2D eigenvalue weighted by Crippen LogP contribution is -2.18. The van der Waals surface area contributed by atoms with Crippen LogP contribution in [0.5, 0.6) is 0 Å². The molecule has 0 unspecified atom stereocenters. The van der Waals surface area contributed by atoms with Gasteiger partial charge in [0.05, 0.1) is 12.2 Å². The van der Waals surface area contributed by atoms with Gasteiger partial charge in [0.2, 0.25) is 0 Å². The second-order valence-corrected chi connectivity index (χ2v) is 5.73. The molecule has 2 aliphatic heterocycles. The summed E-state index contributed by atoms with van der Waals surface area (Å²) in [7, 11) is 0. The van der Waals surface area contributed by atoms with E-state index in [1.165, 1.54) is 18.5 Å². The number of aromatic nitrogens is 2. The number of rotatable bonds is 3. The second-order valence-electron chi connectivity index (χ2n) is 5.73. The van der Waals surface area contributed by atoms with Gasteiger partial charge in [0.25, 0.3) is 5.89 Å². The zero-order valence-electron chi connectivity index (χ0n) is 12.0. The van der Waals surface area contributed by atoms with Crippen molar-refractivity contribution < 1.29 is 9.26 Å². The van der Waals surface area contributed by atoms with Gasteiger partial charge < -0.3 is 14.2 Å². The summed E-state index contributed by atoms with van der Waals surface area (Å²) in [6, 6.07) is 8.30. The van der Waals surface area contributed by atoms with Gasteiger partial charge in [-0.15, -0.1) is 0 Å². The quantitative estimate of drug-likeness (QED) is 0.868. The molecule has 2 fully saturated rings. The molecular formula is C16H19N3O2. The molecule has 5 heteroatoms. The van der Waals surface area contributed by atoms with E-state index in [9.17, 15) is 0 Å². The van der Waals surface area contributed by atoms with Gasteiger partial charge in [0.1, 0.15) is 0 Å². The highest BCUT2D eigenvalue weighted by Gasteiger charge is 2.25. The van der Waals surface area contributed by atoms with Crippen LogP contribution < -0.4 is 4.90 Å². The Morgan fingerprint density at radius 2 is 2.00 bits per heavy atom. The molecule has 0 bridgehead atoms. The van der Waals surface area contributed by atoms with E-state index in [0.29, 0.717) is 12.5 Å². The van der Waals surface area contributed by atoms with Crippen LogP contribution >= 0.6 is 0 Å². The zero-order chi connectivity index (χ0) is 14.1. The van der Waals surface area contributed by atoms with Crippen molar-refractivity contribution in [2.75, 3.05) is 31.2 Å². The Morgan fingerprint density at radius 1 is 1.14 bits per heavy atom. The summed E-state index contributed by atoms with van der Waals surface area (Å²) < 4.78 is 10.9. The molecule has 0 radical (unpaired) electrons. The van der Waals surface area contributed by atoms with Gasteiger partial charge in [-0.2, -0.15) is 4.98 Å². The van der Waals surface area contributed by atoms with Crippen LogP contribution in [0.2, 0.25) is 0 Å². The minimum absolute atomic E-state index is 0.279. The molecular weight excluding hydrogens is 266 g/mol. The molecule has 0 N–H and O–H groups in total. The highest BCUT2D eigenvalue weighted by atomic mass is 16.5. The van der Waals surface area contributed by atoms with Crippen LogP contribution in [0, 0.1) is 0 Å². The third-order valence-corrected chi connectivity index (χ3v) is 4.32. The fourth-order valence-electron chi connectivity index (χ4n) is 3.14. The largest absolute Gasteiger partial charge is 0.381 e. The molecule has 0 amide bonds. The Bertz CT molecular complexity index is 613. The lowest BCUT2D eigenvalue weighted by atomic mass is 10.1. The Morgan fingerprint density at radius 3 is 2.81 bits per heavy atom. The first-order valence-electron chi connectivity index (χ1n) is 7.67. The molecule has 110 valence electrons. The smallest absolute Gasteiger partial charge is 0.260 e. The number of ether oxygens (including phenoxy) is 1.